The monoisotopic (exact) mass is 128 g/mol. The maximum Gasteiger partial charge on any atom is 0.0962 e. The lowest BCUT2D eigenvalue weighted by atomic mass is 10.3. The predicted molar refractivity (Wildman–Crippen MR) is 37.2 cm³/mol. The minimum atomic E-state index is 0.0912. The van der Waals surface area contributed by atoms with E-state index in [0.29, 0.717) is 18.8 Å². The molecule has 0 aromatic rings. The standard InChI is InChI=1S/C7H12O2/c1-4-9-7(3)5-6(2)8/h8H,2-5H2,1H3. The normalized spacial score (nSPS) is 8.56. The molecule has 0 spiro atoms. The Morgan fingerprint density at radius 2 is 2.11 bits per heavy atom. The summed E-state index contributed by atoms with van der Waals surface area (Å²) in [5.74, 6) is 0.651. The van der Waals surface area contributed by atoms with Gasteiger partial charge in [0, 0.05) is 0 Å². The van der Waals surface area contributed by atoms with Crippen molar-refractivity contribution in [3.63, 3.8) is 0 Å². The van der Waals surface area contributed by atoms with Gasteiger partial charge in [0.1, 0.15) is 0 Å². The van der Waals surface area contributed by atoms with Crippen molar-refractivity contribution in [1.82, 2.24) is 0 Å². The number of aliphatic hydroxyl groups is 1. The second-order valence-electron chi connectivity index (χ2n) is 1.71. The Morgan fingerprint density at radius 3 is 2.44 bits per heavy atom. The molecule has 0 saturated heterocycles. The molecule has 9 heavy (non-hydrogen) atoms. The van der Waals surface area contributed by atoms with Crippen LogP contribution in [0.25, 0.3) is 0 Å². The van der Waals surface area contributed by atoms with Crippen LogP contribution in [0, 0.1) is 0 Å². The maximum absolute atomic E-state index is 8.61. The summed E-state index contributed by atoms with van der Waals surface area (Å²) in [5, 5.41) is 8.61. The van der Waals surface area contributed by atoms with Crippen LogP contribution in [-0.4, -0.2) is 11.7 Å². The van der Waals surface area contributed by atoms with Gasteiger partial charge in [0.15, 0.2) is 0 Å². The highest BCUT2D eigenvalue weighted by atomic mass is 16.5. The molecule has 0 heterocycles. The number of ether oxygens (including phenoxy) is 1. The average molecular weight is 128 g/mol. The van der Waals surface area contributed by atoms with Gasteiger partial charge < -0.3 is 9.84 Å². The van der Waals surface area contributed by atoms with E-state index < -0.39 is 0 Å². The van der Waals surface area contributed by atoms with E-state index in [9.17, 15) is 0 Å². The zero-order chi connectivity index (χ0) is 7.28. The Morgan fingerprint density at radius 1 is 1.56 bits per heavy atom. The van der Waals surface area contributed by atoms with E-state index in [2.05, 4.69) is 13.2 Å². The van der Waals surface area contributed by atoms with E-state index in [-0.39, 0.29) is 5.76 Å². The fourth-order valence-corrected chi connectivity index (χ4v) is 0.483. The van der Waals surface area contributed by atoms with Gasteiger partial charge in [0.05, 0.1) is 24.5 Å². The highest BCUT2D eigenvalue weighted by molar-refractivity contribution is 4.95. The van der Waals surface area contributed by atoms with Crippen LogP contribution in [0.3, 0.4) is 0 Å². The molecule has 0 atom stereocenters. The van der Waals surface area contributed by atoms with Gasteiger partial charge >= 0.3 is 0 Å². The molecule has 52 valence electrons. The van der Waals surface area contributed by atoms with Crippen molar-refractivity contribution in [3.8, 4) is 0 Å². The van der Waals surface area contributed by atoms with E-state index >= 15 is 0 Å². The lowest BCUT2D eigenvalue weighted by Crippen LogP contribution is -1.90. The Balaban J connectivity index is 3.39. The molecule has 0 rings (SSSR count). The van der Waals surface area contributed by atoms with E-state index in [0.717, 1.165) is 0 Å². The maximum atomic E-state index is 8.61. The summed E-state index contributed by atoms with van der Waals surface area (Å²) >= 11 is 0. The molecule has 0 bridgehead atoms. The van der Waals surface area contributed by atoms with Gasteiger partial charge in [-0.2, -0.15) is 0 Å². The van der Waals surface area contributed by atoms with Crippen molar-refractivity contribution in [2.24, 2.45) is 0 Å². The molecular formula is C7H12O2. The van der Waals surface area contributed by atoms with Crippen molar-refractivity contribution in [2.45, 2.75) is 13.3 Å². The third-order valence-corrected chi connectivity index (χ3v) is 0.750. The van der Waals surface area contributed by atoms with Crippen molar-refractivity contribution < 1.29 is 9.84 Å². The minimum absolute atomic E-state index is 0.0912. The van der Waals surface area contributed by atoms with Crippen molar-refractivity contribution in [1.29, 1.82) is 0 Å². The summed E-state index contributed by atoms with van der Waals surface area (Å²) in [5.41, 5.74) is 0. The highest BCUT2D eigenvalue weighted by Crippen LogP contribution is 2.04. The van der Waals surface area contributed by atoms with E-state index in [1.165, 1.54) is 0 Å². The average Bonchev–Trinajstić information content (AvgIpc) is 1.63. The minimum Gasteiger partial charge on any atom is -0.512 e. The molecule has 0 fully saturated rings. The van der Waals surface area contributed by atoms with Gasteiger partial charge in [-0.25, -0.2) is 0 Å². The Labute approximate surface area is 55.5 Å². The second kappa shape index (κ2) is 4.01. The molecule has 0 radical (unpaired) electrons. The molecule has 0 aliphatic heterocycles. The van der Waals surface area contributed by atoms with Crippen LogP contribution in [0.1, 0.15) is 13.3 Å². The van der Waals surface area contributed by atoms with Gasteiger partial charge in [-0.1, -0.05) is 13.2 Å². The third kappa shape index (κ3) is 4.94. The van der Waals surface area contributed by atoms with Crippen LogP contribution < -0.4 is 0 Å². The third-order valence-electron chi connectivity index (χ3n) is 0.750. The van der Waals surface area contributed by atoms with Crippen LogP contribution in [-0.2, 0) is 4.74 Å². The first kappa shape index (κ1) is 8.08. The molecule has 1 N–H and O–H groups in total. The highest BCUT2D eigenvalue weighted by Gasteiger charge is 1.93. The molecule has 2 heteroatoms. The van der Waals surface area contributed by atoms with Gasteiger partial charge in [0.2, 0.25) is 0 Å². The predicted octanol–water partition coefficient (Wildman–Crippen LogP) is 2.00. The largest absolute Gasteiger partial charge is 0.512 e. The lowest BCUT2D eigenvalue weighted by molar-refractivity contribution is 0.215. The Bertz CT molecular complexity index is 116. The fraction of sp³-hybridized carbons (Fsp3) is 0.429. The smallest absolute Gasteiger partial charge is 0.0962 e. The Kier molecular flexibility index (Phi) is 3.60. The topological polar surface area (TPSA) is 29.5 Å². The van der Waals surface area contributed by atoms with E-state index in [1.807, 2.05) is 6.92 Å². The van der Waals surface area contributed by atoms with Gasteiger partial charge in [0.25, 0.3) is 0 Å². The molecule has 0 saturated carbocycles. The molecule has 0 amide bonds. The quantitative estimate of drug-likeness (QED) is 0.587. The van der Waals surface area contributed by atoms with Crippen molar-refractivity contribution in [3.05, 3.63) is 24.7 Å². The first-order chi connectivity index (χ1) is 4.16. The zero-order valence-corrected chi connectivity index (χ0v) is 5.68. The van der Waals surface area contributed by atoms with E-state index in [4.69, 9.17) is 9.84 Å². The molecule has 0 unspecified atom stereocenters. The first-order valence-electron chi connectivity index (χ1n) is 2.84. The number of aliphatic hydroxyl groups excluding tert-OH is 1. The zero-order valence-electron chi connectivity index (χ0n) is 5.68. The Hall–Kier alpha value is -0.920. The van der Waals surface area contributed by atoms with Crippen molar-refractivity contribution >= 4 is 0 Å². The first-order valence-corrected chi connectivity index (χ1v) is 2.84. The lowest BCUT2D eigenvalue weighted by Gasteiger charge is -2.03. The van der Waals surface area contributed by atoms with E-state index in [1.54, 1.807) is 0 Å². The number of rotatable bonds is 4. The summed E-state index contributed by atoms with van der Waals surface area (Å²) in [7, 11) is 0. The molecule has 0 aromatic heterocycles. The van der Waals surface area contributed by atoms with Crippen LogP contribution in [0.2, 0.25) is 0 Å². The molecule has 2 nitrogen and oxygen atoms in total. The van der Waals surface area contributed by atoms with Crippen LogP contribution in [0.15, 0.2) is 24.7 Å². The van der Waals surface area contributed by atoms with Gasteiger partial charge in [-0.3, -0.25) is 0 Å². The number of hydrogen-bond acceptors (Lipinski definition) is 2. The molecule has 0 aromatic carbocycles. The summed E-state index contributed by atoms with van der Waals surface area (Å²) in [6.07, 6.45) is 0.341. The van der Waals surface area contributed by atoms with Crippen LogP contribution in [0.5, 0.6) is 0 Å². The molecule has 0 aliphatic rings. The number of hydrogen-bond donors (Lipinski definition) is 1. The summed E-state index contributed by atoms with van der Waals surface area (Å²) in [6, 6.07) is 0. The summed E-state index contributed by atoms with van der Waals surface area (Å²) in [6.45, 7) is 9.29. The molecule has 0 aliphatic carbocycles. The fourth-order valence-electron chi connectivity index (χ4n) is 0.483. The SMILES string of the molecule is C=C(O)CC(=C)OCC. The summed E-state index contributed by atoms with van der Waals surface area (Å²) in [4.78, 5) is 0. The van der Waals surface area contributed by atoms with Crippen LogP contribution >= 0.6 is 0 Å². The molecular weight excluding hydrogens is 116 g/mol. The summed E-state index contributed by atoms with van der Waals surface area (Å²) < 4.78 is 4.94. The second-order valence-corrected chi connectivity index (χ2v) is 1.71. The van der Waals surface area contributed by atoms with Gasteiger partial charge in [-0.15, -0.1) is 0 Å². The van der Waals surface area contributed by atoms with Crippen LogP contribution in [0.4, 0.5) is 0 Å². The van der Waals surface area contributed by atoms with Crippen molar-refractivity contribution in [2.75, 3.05) is 6.61 Å². The van der Waals surface area contributed by atoms with Gasteiger partial charge in [-0.05, 0) is 6.92 Å².